The molecule has 3 aromatic carbocycles. The first kappa shape index (κ1) is 20.7. The Bertz CT molecular complexity index is 1450. The van der Waals surface area contributed by atoms with E-state index >= 15 is 0 Å². The van der Waals surface area contributed by atoms with Crippen molar-refractivity contribution in [3.63, 3.8) is 0 Å². The quantitative estimate of drug-likeness (QED) is 0.386. The van der Waals surface area contributed by atoms with Crippen LogP contribution in [0.2, 0.25) is 0 Å². The molecule has 0 saturated carbocycles. The van der Waals surface area contributed by atoms with Crippen molar-refractivity contribution in [2.45, 2.75) is 12.3 Å². The Kier molecular flexibility index (Phi) is 5.36. The smallest absolute Gasteiger partial charge is 0.306 e. The van der Waals surface area contributed by atoms with Gasteiger partial charge in [-0.05, 0) is 17.7 Å². The molecule has 1 unspecified atom stereocenters. The maximum Gasteiger partial charge on any atom is 0.306 e. The van der Waals surface area contributed by atoms with E-state index in [2.05, 4.69) is 9.97 Å². The summed E-state index contributed by atoms with van der Waals surface area (Å²) in [5.74, 6) is -1.93. The predicted octanol–water partition coefficient (Wildman–Crippen LogP) is 4.07. The monoisotopic (exact) mass is 426 g/mol. The number of aromatic hydroxyl groups is 1. The molecule has 0 spiro atoms. The van der Waals surface area contributed by atoms with Crippen molar-refractivity contribution in [2.24, 2.45) is 0 Å². The van der Waals surface area contributed by atoms with Gasteiger partial charge in [0.1, 0.15) is 23.7 Å². The van der Waals surface area contributed by atoms with E-state index in [9.17, 15) is 24.8 Å². The molecule has 32 heavy (non-hydrogen) atoms. The molecule has 1 N–H and O–H groups in total. The van der Waals surface area contributed by atoms with Gasteiger partial charge in [0.25, 0.3) is 0 Å². The van der Waals surface area contributed by atoms with Crippen LogP contribution in [0, 0.1) is 28.5 Å². The fourth-order valence-electron chi connectivity index (χ4n) is 3.78. The zero-order chi connectivity index (χ0) is 22.8. The van der Waals surface area contributed by atoms with Crippen molar-refractivity contribution in [3.8, 4) is 17.9 Å². The van der Waals surface area contributed by atoms with E-state index in [0.717, 1.165) is 0 Å². The largest absolute Gasteiger partial charge is 0.507 e. The lowest BCUT2D eigenvalue weighted by atomic mass is 9.85. The van der Waals surface area contributed by atoms with Crippen LogP contribution < -0.4 is 0 Å². The molecule has 0 aliphatic heterocycles. The zero-order valence-corrected chi connectivity index (χ0v) is 16.8. The molecule has 1 aromatic heterocycles. The molecule has 4 rings (SSSR count). The number of hydrogen-bond acceptors (Lipinski definition) is 7. The average molecular weight is 426 g/mol. The molecule has 7 nitrogen and oxygen atoms in total. The molecule has 156 valence electrons. The van der Waals surface area contributed by atoms with E-state index in [4.69, 9.17) is 4.74 Å². The van der Waals surface area contributed by atoms with E-state index in [1.807, 2.05) is 12.1 Å². The van der Waals surface area contributed by atoms with Gasteiger partial charge in [0, 0.05) is 22.3 Å². The number of methoxy groups -OCH3 is 1. The van der Waals surface area contributed by atoms with Gasteiger partial charge in [0.05, 0.1) is 24.6 Å². The summed E-state index contributed by atoms with van der Waals surface area (Å²) in [6.45, 7) is 0. The van der Waals surface area contributed by atoms with Gasteiger partial charge in [-0.1, -0.05) is 36.4 Å². The Morgan fingerprint density at radius 1 is 1.03 bits per heavy atom. The standard InChI is InChI=1S/C24H15FN4O3/c1-32-20(30)10-17(13-6-8-14(25)9-7-13)21-23-22(28-18(11-26)19(12-27)29-23)15-4-2-3-5-16(15)24(21)31/h2-9,17,31H,10H2,1H3. The molecule has 0 saturated heterocycles. The van der Waals surface area contributed by atoms with E-state index in [1.54, 1.807) is 24.3 Å². The lowest BCUT2D eigenvalue weighted by Gasteiger charge is -2.21. The Hall–Kier alpha value is -4.56. The molecule has 0 aliphatic carbocycles. The molecule has 0 aliphatic rings. The number of rotatable bonds is 4. The summed E-state index contributed by atoms with van der Waals surface area (Å²) >= 11 is 0. The number of phenolic OH excluding ortho intramolecular Hbond substituents is 1. The summed E-state index contributed by atoms with van der Waals surface area (Å²) in [5, 5.41) is 31.1. The second-order valence-corrected chi connectivity index (χ2v) is 7.03. The first-order chi connectivity index (χ1) is 15.5. The molecular weight excluding hydrogens is 411 g/mol. The summed E-state index contributed by atoms with van der Waals surface area (Å²) in [4.78, 5) is 21.0. The number of halogens is 1. The first-order valence-electron chi connectivity index (χ1n) is 9.56. The van der Waals surface area contributed by atoms with E-state index < -0.39 is 17.7 Å². The van der Waals surface area contributed by atoms with Crippen LogP contribution in [0.5, 0.6) is 5.75 Å². The summed E-state index contributed by atoms with van der Waals surface area (Å²) in [6, 6.07) is 16.1. The number of hydrogen-bond donors (Lipinski definition) is 1. The second-order valence-electron chi connectivity index (χ2n) is 7.03. The van der Waals surface area contributed by atoms with Gasteiger partial charge in [0.2, 0.25) is 0 Å². The fourth-order valence-corrected chi connectivity index (χ4v) is 3.78. The van der Waals surface area contributed by atoms with E-state index in [1.165, 1.54) is 31.4 Å². The number of nitriles is 2. The van der Waals surface area contributed by atoms with Crippen molar-refractivity contribution in [2.75, 3.05) is 7.11 Å². The third-order valence-corrected chi connectivity index (χ3v) is 5.27. The summed E-state index contributed by atoms with van der Waals surface area (Å²) in [6.07, 6.45) is -0.174. The van der Waals surface area contributed by atoms with Gasteiger partial charge in [-0.15, -0.1) is 0 Å². The minimum Gasteiger partial charge on any atom is -0.507 e. The molecule has 1 atom stereocenters. The van der Waals surface area contributed by atoms with Gasteiger partial charge < -0.3 is 9.84 Å². The summed E-state index contributed by atoms with van der Waals surface area (Å²) in [5.41, 5.74) is 0.911. The number of fused-ring (bicyclic) bond motifs is 3. The van der Waals surface area contributed by atoms with E-state index in [-0.39, 0.29) is 34.6 Å². The molecule has 0 amide bonds. The Morgan fingerprint density at radius 3 is 2.22 bits per heavy atom. The maximum absolute atomic E-state index is 13.6. The third-order valence-electron chi connectivity index (χ3n) is 5.27. The fraction of sp³-hybridized carbons (Fsp3) is 0.125. The Balaban J connectivity index is 2.15. The van der Waals surface area contributed by atoms with Crippen LogP contribution in [0.1, 0.15) is 34.9 Å². The number of ether oxygens (including phenoxy) is 1. The molecule has 8 heteroatoms. The highest BCUT2D eigenvalue weighted by molar-refractivity contribution is 6.09. The minimum atomic E-state index is -0.774. The highest BCUT2D eigenvalue weighted by Gasteiger charge is 2.28. The van der Waals surface area contributed by atoms with Crippen LogP contribution >= 0.6 is 0 Å². The molecule has 4 aromatic rings. The molecular formula is C24H15FN4O3. The molecule has 0 fully saturated rings. The highest BCUT2D eigenvalue weighted by atomic mass is 19.1. The lowest BCUT2D eigenvalue weighted by Crippen LogP contribution is -2.12. The lowest BCUT2D eigenvalue weighted by molar-refractivity contribution is -0.140. The van der Waals surface area contributed by atoms with Crippen LogP contribution in [-0.2, 0) is 9.53 Å². The SMILES string of the molecule is COC(=O)CC(c1ccc(F)cc1)c1c(O)c2ccccc2c2nc(C#N)c(C#N)nc12. The van der Waals surface area contributed by atoms with Crippen molar-refractivity contribution in [1.82, 2.24) is 9.97 Å². The number of carbonyl (C=O) groups excluding carboxylic acids is 1. The highest BCUT2D eigenvalue weighted by Crippen LogP contribution is 2.43. The number of carbonyl (C=O) groups is 1. The Labute approximate surface area is 182 Å². The predicted molar refractivity (Wildman–Crippen MR) is 113 cm³/mol. The number of esters is 1. The van der Waals surface area contributed by atoms with Crippen LogP contribution in [0.15, 0.2) is 48.5 Å². The van der Waals surface area contributed by atoms with Crippen LogP contribution in [0.4, 0.5) is 4.39 Å². The molecule has 0 radical (unpaired) electrons. The summed E-state index contributed by atoms with van der Waals surface area (Å²) < 4.78 is 18.4. The van der Waals surface area contributed by atoms with Crippen molar-refractivity contribution >= 4 is 27.8 Å². The topological polar surface area (TPSA) is 120 Å². The van der Waals surface area contributed by atoms with Crippen molar-refractivity contribution in [3.05, 3.63) is 76.9 Å². The van der Waals surface area contributed by atoms with Gasteiger partial charge in [0.15, 0.2) is 11.4 Å². The van der Waals surface area contributed by atoms with Gasteiger partial charge >= 0.3 is 5.97 Å². The van der Waals surface area contributed by atoms with Crippen molar-refractivity contribution < 1.29 is 19.0 Å². The maximum atomic E-state index is 13.6. The Morgan fingerprint density at radius 2 is 1.62 bits per heavy atom. The second kappa shape index (κ2) is 8.29. The van der Waals surface area contributed by atoms with Crippen LogP contribution in [0.25, 0.3) is 21.8 Å². The van der Waals surface area contributed by atoms with E-state index in [0.29, 0.717) is 21.9 Å². The van der Waals surface area contributed by atoms with Crippen LogP contribution in [0.3, 0.4) is 0 Å². The minimum absolute atomic E-state index is 0.144. The number of phenols is 1. The molecule has 1 heterocycles. The first-order valence-corrected chi connectivity index (χ1v) is 9.56. The van der Waals surface area contributed by atoms with Gasteiger partial charge in [-0.3, -0.25) is 4.79 Å². The van der Waals surface area contributed by atoms with Crippen LogP contribution in [-0.4, -0.2) is 28.2 Å². The van der Waals surface area contributed by atoms with Gasteiger partial charge in [-0.2, -0.15) is 10.5 Å². The van der Waals surface area contributed by atoms with Gasteiger partial charge in [-0.25, -0.2) is 14.4 Å². The number of nitrogens with zero attached hydrogens (tertiary/aromatic N) is 4. The average Bonchev–Trinajstić information content (AvgIpc) is 2.83. The number of benzene rings is 3. The zero-order valence-electron chi connectivity index (χ0n) is 16.8. The third kappa shape index (κ3) is 3.44. The number of aromatic nitrogens is 2. The van der Waals surface area contributed by atoms with Crippen molar-refractivity contribution in [1.29, 1.82) is 10.5 Å². The summed E-state index contributed by atoms with van der Waals surface area (Å²) in [7, 11) is 1.25. The molecule has 0 bridgehead atoms. The normalized spacial score (nSPS) is 11.6.